The van der Waals surface area contributed by atoms with Crippen LogP contribution in [0.5, 0.6) is 0 Å². The molecule has 0 spiro atoms. The third kappa shape index (κ3) is 3.01. The SMILES string of the molecule is Cc1nn(C)c(N(C)C(=O)C(F)(F)F)c1C(=O)c1ccccc1F. The minimum Gasteiger partial charge on any atom is -0.292 e. The topological polar surface area (TPSA) is 55.2 Å². The first kappa shape index (κ1) is 17.6. The molecule has 0 saturated carbocycles. The maximum atomic E-state index is 13.8. The molecule has 0 saturated heterocycles. The Morgan fingerprint density at radius 2 is 1.79 bits per heavy atom. The lowest BCUT2D eigenvalue weighted by atomic mass is 10.0. The summed E-state index contributed by atoms with van der Waals surface area (Å²) in [5.74, 6) is -4.19. The number of hydrogen-bond acceptors (Lipinski definition) is 3. The Balaban J connectivity index is 2.59. The number of carbonyl (C=O) groups excluding carboxylic acids is 2. The van der Waals surface area contributed by atoms with E-state index < -0.39 is 23.7 Å². The molecule has 0 aliphatic heterocycles. The van der Waals surface area contributed by atoms with Gasteiger partial charge in [0, 0.05) is 14.1 Å². The van der Waals surface area contributed by atoms with Crippen molar-refractivity contribution < 1.29 is 27.2 Å². The van der Waals surface area contributed by atoms with Gasteiger partial charge in [-0.3, -0.25) is 19.2 Å². The van der Waals surface area contributed by atoms with Crippen molar-refractivity contribution in [1.82, 2.24) is 9.78 Å². The third-order valence-corrected chi connectivity index (χ3v) is 3.40. The number of aryl methyl sites for hydroxylation is 2. The van der Waals surface area contributed by atoms with Crippen molar-refractivity contribution in [3.8, 4) is 0 Å². The molecule has 1 heterocycles. The Hall–Kier alpha value is -2.71. The van der Waals surface area contributed by atoms with Crippen molar-refractivity contribution in [3.63, 3.8) is 0 Å². The quantitative estimate of drug-likeness (QED) is 0.636. The van der Waals surface area contributed by atoms with Gasteiger partial charge in [-0.1, -0.05) is 12.1 Å². The van der Waals surface area contributed by atoms with Crippen molar-refractivity contribution in [3.05, 3.63) is 46.9 Å². The van der Waals surface area contributed by atoms with Gasteiger partial charge in [0.15, 0.2) is 0 Å². The molecule has 1 amide bonds. The van der Waals surface area contributed by atoms with E-state index in [0.717, 1.165) is 17.8 Å². The molecule has 0 radical (unpaired) electrons. The molecule has 9 heteroatoms. The van der Waals surface area contributed by atoms with Gasteiger partial charge >= 0.3 is 12.1 Å². The molecule has 0 aliphatic carbocycles. The fourth-order valence-corrected chi connectivity index (χ4v) is 2.36. The molecule has 1 aromatic carbocycles. The Labute approximate surface area is 134 Å². The first-order chi connectivity index (χ1) is 11.1. The highest BCUT2D eigenvalue weighted by Gasteiger charge is 2.43. The highest BCUT2D eigenvalue weighted by atomic mass is 19.4. The summed E-state index contributed by atoms with van der Waals surface area (Å²) >= 11 is 0. The number of benzene rings is 1. The van der Waals surface area contributed by atoms with Crippen molar-refractivity contribution in [2.45, 2.75) is 13.1 Å². The Morgan fingerprint density at radius 3 is 2.33 bits per heavy atom. The Kier molecular flexibility index (Phi) is 4.46. The molecule has 2 aromatic rings. The third-order valence-electron chi connectivity index (χ3n) is 3.40. The lowest BCUT2D eigenvalue weighted by Gasteiger charge is -2.20. The standard InChI is InChI=1S/C15H13F4N3O2/c1-8-11(12(23)9-6-4-5-7-10(9)16)13(22(3)20-8)21(2)14(24)15(17,18)19/h4-7H,1-3H3. The number of aromatic nitrogens is 2. The molecule has 0 aliphatic rings. The van der Waals surface area contributed by atoms with Crippen molar-refractivity contribution in [1.29, 1.82) is 0 Å². The average molecular weight is 343 g/mol. The maximum absolute atomic E-state index is 13.8. The molecule has 0 N–H and O–H groups in total. The van der Waals surface area contributed by atoms with Crippen LogP contribution in [0.3, 0.4) is 0 Å². The van der Waals surface area contributed by atoms with E-state index in [4.69, 9.17) is 0 Å². The van der Waals surface area contributed by atoms with Crippen LogP contribution >= 0.6 is 0 Å². The van der Waals surface area contributed by atoms with Gasteiger partial charge in [0.05, 0.1) is 16.8 Å². The van der Waals surface area contributed by atoms with Crippen molar-refractivity contribution in [2.75, 3.05) is 11.9 Å². The first-order valence-corrected chi connectivity index (χ1v) is 6.73. The summed E-state index contributed by atoms with van der Waals surface area (Å²) in [5, 5.41) is 3.88. The van der Waals surface area contributed by atoms with Crippen LogP contribution in [-0.2, 0) is 11.8 Å². The Bertz CT molecular complexity index is 812. The van der Waals surface area contributed by atoms with Crippen LogP contribution in [0.2, 0.25) is 0 Å². The zero-order valence-electron chi connectivity index (χ0n) is 13.0. The maximum Gasteiger partial charge on any atom is 0.471 e. The van der Waals surface area contributed by atoms with Gasteiger partial charge in [-0.2, -0.15) is 18.3 Å². The molecular weight excluding hydrogens is 330 g/mol. The van der Waals surface area contributed by atoms with E-state index in [0.29, 0.717) is 0 Å². The van der Waals surface area contributed by atoms with Crippen LogP contribution < -0.4 is 4.90 Å². The zero-order valence-corrected chi connectivity index (χ0v) is 13.0. The summed E-state index contributed by atoms with van der Waals surface area (Å²) in [4.78, 5) is 24.4. The number of amides is 1. The van der Waals surface area contributed by atoms with Crippen molar-refractivity contribution >= 4 is 17.5 Å². The average Bonchev–Trinajstić information content (AvgIpc) is 2.79. The van der Waals surface area contributed by atoms with Crippen LogP contribution in [0.25, 0.3) is 0 Å². The highest BCUT2D eigenvalue weighted by Crippen LogP contribution is 2.29. The number of nitrogens with zero attached hydrogens (tertiary/aromatic N) is 3. The van der Waals surface area contributed by atoms with E-state index in [2.05, 4.69) is 5.10 Å². The molecule has 0 atom stereocenters. The van der Waals surface area contributed by atoms with Gasteiger partial charge in [0.2, 0.25) is 5.78 Å². The molecule has 128 valence electrons. The molecule has 1 aromatic heterocycles. The Morgan fingerprint density at radius 1 is 1.21 bits per heavy atom. The van der Waals surface area contributed by atoms with Gasteiger partial charge in [-0.05, 0) is 19.1 Å². The minimum atomic E-state index is -5.12. The lowest BCUT2D eigenvalue weighted by Crippen LogP contribution is -2.40. The van der Waals surface area contributed by atoms with Crippen LogP contribution in [0, 0.1) is 12.7 Å². The summed E-state index contributed by atoms with van der Waals surface area (Å²) in [6, 6.07) is 5.07. The zero-order chi connectivity index (χ0) is 18.2. The number of hydrogen-bond donors (Lipinski definition) is 0. The van der Waals surface area contributed by atoms with E-state index in [-0.39, 0.29) is 27.5 Å². The predicted molar refractivity (Wildman–Crippen MR) is 77.2 cm³/mol. The second-order valence-electron chi connectivity index (χ2n) is 5.08. The summed E-state index contributed by atoms with van der Waals surface area (Å²) in [7, 11) is 2.17. The number of ketones is 1. The normalized spacial score (nSPS) is 11.5. The molecule has 5 nitrogen and oxygen atoms in total. The number of carbonyl (C=O) groups is 2. The first-order valence-electron chi connectivity index (χ1n) is 6.73. The second-order valence-corrected chi connectivity index (χ2v) is 5.08. The monoisotopic (exact) mass is 343 g/mol. The summed E-state index contributed by atoms with van der Waals surface area (Å²) in [6.07, 6.45) is -5.12. The smallest absolute Gasteiger partial charge is 0.292 e. The molecule has 0 unspecified atom stereocenters. The van der Waals surface area contributed by atoms with Gasteiger partial charge in [-0.15, -0.1) is 0 Å². The van der Waals surface area contributed by atoms with Gasteiger partial charge in [-0.25, -0.2) is 4.39 Å². The van der Waals surface area contributed by atoms with Crippen molar-refractivity contribution in [2.24, 2.45) is 7.05 Å². The largest absolute Gasteiger partial charge is 0.471 e. The highest BCUT2D eigenvalue weighted by molar-refractivity contribution is 6.14. The molecule has 2 rings (SSSR count). The molecular formula is C15H13F4N3O2. The summed E-state index contributed by atoms with van der Waals surface area (Å²) in [6.45, 7) is 1.39. The number of halogens is 4. The summed E-state index contributed by atoms with van der Waals surface area (Å²) in [5.41, 5.74) is -0.493. The predicted octanol–water partition coefficient (Wildman–Crippen LogP) is 2.62. The summed E-state index contributed by atoms with van der Waals surface area (Å²) < 4.78 is 52.8. The van der Waals surface area contributed by atoms with Crippen LogP contribution in [0.1, 0.15) is 21.6 Å². The number of rotatable bonds is 3. The van der Waals surface area contributed by atoms with Crippen LogP contribution in [-0.4, -0.2) is 34.7 Å². The minimum absolute atomic E-state index is 0.0857. The molecule has 0 bridgehead atoms. The fraction of sp³-hybridized carbons (Fsp3) is 0.267. The lowest BCUT2D eigenvalue weighted by molar-refractivity contribution is -0.170. The van der Waals surface area contributed by atoms with E-state index in [9.17, 15) is 27.2 Å². The van der Waals surface area contributed by atoms with Gasteiger partial charge in [0.1, 0.15) is 11.6 Å². The van der Waals surface area contributed by atoms with E-state index in [1.807, 2.05) is 0 Å². The van der Waals surface area contributed by atoms with Gasteiger partial charge in [0.25, 0.3) is 0 Å². The number of alkyl halides is 3. The van der Waals surface area contributed by atoms with Crippen LogP contribution in [0.15, 0.2) is 24.3 Å². The fourth-order valence-electron chi connectivity index (χ4n) is 2.36. The van der Waals surface area contributed by atoms with E-state index in [1.165, 1.54) is 32.2 Å². The van der Waals surface area contributed by atoms with Crippen LogP contribution in [0.4, 0.5) is 23.4 Å². The van der Waals surface area contributed by atoms with E-state index in [1.54, 1.807) is 0 Å². The number of anilines is 1. The van der Waals surface area contributed by atoms with E-state index >= 15 is 0 Å². The van der Waals surface area contributed by atoms with Gasteiger partial charge < -0.3 is 0 Å². The second kappa shape index (κ2) is 6.06. The molecule has 0 fully saturated rings. The molecule has 24 heavy (non-hydrogen) atoms.